The largest absolute Gasteiger partial charge is 0.379 e. The predicted octanol–water partition coefficient (Wildman–Crippen LogP) is 0.160. The predicted molar refractivity (Wildman–Crippen MR) is 64.2 cm³/mol. The molecule has 0 aromatic rings. The van der Waals surface area contributed by atoms with Gasteiger partial charge in [0.05, 0.1) is 30.9 Å². The Morgan fingerprint density at radius 2 is 1.87 bits per heavy atom. The Kier molecular flexibility index (Phi) is 11.7. The van der Waals surface area contributed by atoms with Gasteiger partial charge >= 0.3 is 0 Å². The molecular formula is C9H16INO4. The van der Waals surface area contributed by atoms with Crippen LogP contribution in [0.3, 0.4) is 0 Å². The first-order valence-corrected chi connectivity index (χ1v) is 6.25. The Balaban J connectivity index is 2.98. The average Bonchev–Trinajstić information content (AvgIpc) is 2.26. The van der Waals surface area contributed by atoms with Crippen molar-refractivity contribution in [3.63, 3.8) is 0 Å². The minimum Gasteiger partial charge on any atom is -0.379 e. The van der Waals surface area contributed by atoms with E-state index < -0.39 is 0 Å². The van der Waals surface area contributed by atoms with Gasteiger partial charge in [0, 0.05) is 13.0 Å². The van der Waals surface area contributed by atoms with Crippen molar-refractivity contribution in [1.29, 1.82) is 0 Å². The molecule has 0 aliphatic heterocycles. The van der Waals surface area contributed by atoms with Crippen LogP contribution in [-0.4, -0.2) is 49.6 Å². The molecule has 0 unspecified atom stereocenters. The van der Waals surface area contributed by atoms with Crippen LogP contribution in [0.2, 0.25) is 0 Å². The fourth-order valence-electron chi connectivity index (χ4n) is 0.763. The van der Waals surface area contributed by atoms with E-state index in [2.05, 4.69) is 5.32 Å². The molecule has 1 N–H and O–H groups in total. The summed E-state index contributed by atoms with van der Waals surface area (Å²) in [5, 5.41) is 2.68. The number of halogens is 1. The van der Waals surface area contributed by atoms with Gasteiger partial charge in [-0.15, -0.1) is 0 Å². The second kappa shape index (κ2) is 11.9. The van der Waals surface area contributed by atoms with Gasteiger partial charge in [0.2, 0.25) is 5.91 Å². The van der Waals surface area contributed by atoms with Crippen LogP contribution in [0.15, 0.2) is 0 Å². The average molecular weight is 329 g/mol. The van der Waals surface area contributed by atoms with Crippen molar-refractivity contribution in [3.05, 3.63) is 0 Å². The molecule has 88 valence electrons. The minimum atomic E-state index is 0.0152. The summed E-state index contributed by atoms with van der Waals surface area (Å²) in [5.74, 6) is 0.0152. The first kappa shape index (κ1) is 14.8. The maximum Gasteiger partial charge on any atom is 0.229 e. The maximum atomic E-state index is 10.8. The zero-order valence-corrected chi connectivity index (χ0v) is 10.7. The summed E-state index contributed by atoms with van der Waals surface area (Å²) in [5.41, 5.74) is 0. The van der Waals surface area contributed by atoms with Crippen molar-refractivity contribution < 1.29 is 19.1 Å². The Labute approximate surface area is 103 Å². The number of alkyl halides is 1. The van der Waals surface area contributed by atoms with E-state index in [1.165, 1.54) is 0 Å². The highest BCUT2D eigenvalue weighted by molar-refractivity contribution is 14.1. The molecule has 1 amide bonds. The number of carbonyl (C=O) groups is 2. The number of amides is 1. The van der Waals surface area contributed by atoms with Gasteiger partial charge in [0.15, 0.2) is 0 Å². The van der Waals surface area contributed by atoms with Crippen LogP contribution in [0, 0.1) is 0 Å². The van der Waals surface area contributed by atoms with Crippen molar-refractivity contribution in [1.82, 2.24) is 5.32 Å². The molecule has 15 heavy (non-hydrogen) atoms. The van der Waals surface area contributed by atoms with E-state index in [0.717, 1.165) is 6.29 Å². The molecule has 0 aromatic carbocycles. The summed E-state index contributed by atoms with van der Waals surface area (Å²) < 4.78 is 10.7. The van der Waals surface area contributed by atoms with Gasteiger partial charge in [-0.2, -0.15) is 0 Å². The molecule has 0 saturated heterocycles. The molecule has 0 fully saturated rings. The first-order valence-electron chi connectivity index (χ1n) is 4.73. The van der Waals surface area contributed by atoms with Crippen molar-refractivity contribution in [2.24, 2.45) is 0 Å². The minimum absolute atomic E-state index is 0.0152. The molecule has 5 nitrogen and oxygen atoms in total. The van der Waals surface area contributed by atoms with Gasteiger partial charge in [-0.1, -0.05) is 22.6 Å². The highest BCUT2D eigenvalue weighted by Gasteiger charge is 1.95. The van der Waals surface area contributed by atoms with Crippen LogP contribution in [0.5, 0.6) is 0 Å². The number of carbonyl (C=O) groups excluding carboxylic acids is 2. The number of ether oxygens (including phenoxy) is 2. The van der Waals surface area contributed by atoms with Gasteiger partial charge < -0.3 is 19.6 Å². The third kappa shape index (κ3) is 11.7. The summed E-state index contributed by atoms with van der Waals surface area (Å²) in [7, 11) is 0. The molecule has 0 heterocycles. The van der Waals surface area contributed by atoms with Crippen LogP contribution in [-0.2, 0) is 19.1 Å². The highest BCUT2D eigenvalue weighted by Crippen LogP contribution is 1.82. The van der Waals surface area contributed by atoms with Crippen LogP contribution >= 0.6 is 22.6 Å². The van der Waals surface area contributed by atoms with Gasteiger partial charge in [-0.3, -0.25) is 4.79 Å². The zero-order chi connectivity index (χ0) is 11.4. The second-order valence-electron chi connectivity index (χ2n) is 2.66. The van der Waals surface area contributed by atoms with Crippen LogP contribution in [0.4, 0.5) is 0 Å². The number of aldehydes is 1. The molecule has 0 saturated carbocycles. The standard InChI is InChI=1S/C9H16INO4/c10-8-9(13)11-2-5-15-7-6-14-4-1-3-12/h3H,1-2,4-8H2,(H,11,13). The Morgan fingerprint density at radius 1 is 1.20 bits per heavy atom. The van der Waals surface area contributed by atoms with E-state index in [1.807, 2.05) is 22.6 Å². The molecule has 6 heteroatoms. The normalized spacial score (nSPS) is 9.93. The Bertz CT molecular complexity index is 177. The Morgan fingerprint density at radius 3 is 2.47 bits per heavy atom. The number of rotatable bonds is 10. The topological polar surface area (TPSA) is 64.6 Å². The van der Waals surface area contributed by atoms with E-state index in [0.29, 0.717) is 43.8 Å². The second-order valence-corrected chi connectivity index (χ2v) is 3.43. The summed E-state index contributed by atoms with van der Waals surface area (Å²) in [4.78, 5) is 20.7. The molecular weight excluding hydrogens is 313 g/mol. The number of hydrogen-bond donors (Lipinski definition) is 1. The molecule has 0 aromatic heterocycles. The third-order valence-corrected chi connectivity index (χ3v) is 2.13. The number of nitrogens with one attached hydrogen (secondary N) is 1. The van der Waals surface area contributed by atoms with Gasteiger partial charge in [-0.25, -0.2) is 0 Å². The summed E-state index contributed by atoms with van der Waals surface area (Å²) in [6, 6.07) is 0. The lowest BCUT2D eigenvalue weighted by Gasteiger charge is -2.05. The summed E-state index contributed by atoms with van der Waals surface area (Å²) in [6.07, 6.45) is 1.24. The summed E-state index contributed by atoms with van der Waals surface area (Å²) in [6.45, 7) is 2.42. The lowest BCUT2D eigenvalue weighted by Crippen LogP contribution is -2.28. The van der Waals surface area contributed by atoms with E-state index in [1.54, 1.807) is 0 Å². The van der Waals surface area contributed by atoms with Gasteiger partial charge in [0.1, 0.15) is 6.29 Å². The zero-order valence-electron chi connectivity index (χ0n) is 8.54. The van der Waals surface area contributed by atoms with Gasteiger partial charge in [-0.05, 0) is 0 Å². The van der Waals surface area contributed by atoms with Crippen molar-refractivity contribution in [2.45, 2.75) is 6.42 Å². The first-order chi connectivity index (χ1) is 7.31. The maximum absolute atomic E-state index is 10.8. The van der Waals surface area contributed by atoms with E-state index in [4.69, 9.17) is 9.47 Å². The monoisotopic (exact) mass is 329 g/mol. The molecule has 0 rings (SSSR count). The van der Waals surface area contributed by atoms with E-state index in [-0.39, 0.29) is 5.91 Å². The molecule has 0 spiro atoms. The highest BCUT2D eigenvalue weighted by atomic mass is 127. The Hall–Kier alpha value is -0.210. The van der Waals surface area contributed by atoms with Crippen molar-refractivity contribution in [2.75, 3.05) is 37.4 Å². The molecule has 0 bridgehead atoms. The quantitative estimate of drug-likeness (QED) is 0.268. The fraction of sp³-hybridized carbons (Fsp3) is 0.778. The van der Waals surface area contributed by atoms with Gasteiger partial charge in [0.25, 0.3) is 0 Å². The molecule has 0 radical (unpaired) electrons. The van der Waals surface area contributed by atoms with Crippen LogP contribution in [0.1, 0.15) is 6.42 Å². The lowest BCUT2D eigenvalue weighted by molar-refractivity contribution is -0.118. The van der Waals surface area contributed by atoms with Crippen LogP contribution < -0.4 is 5.32 Å². The number of hydrogen-bond acceptors (Lipinski definition) is 4. The van der Waals surface area contributed by atoms with Crippen LogP contribution in [0.25, 0.3) is 0 Å². The SMILES string of the molecule is O=CCCOCCOCCNC(=O)CI. The van der Waals surface area contributed by atoms with Crippen molar-refractivity contribution >= 4 is 34.8 Å². The molecule has 0 aliphatic rings. The lowest BCUT2D eigenvalue weighted by atomic mass is 10.5. The molecule has 0 aliphatic carbocycles. The van der Waals surface area contributed by atoms with E-state index >= 15 is 0 Å². The molecule has 0 atom stereocenters. The smallest absolute Gasteiger partial charge is 0.229 e. The van der Waals surface area contributed by atoms with E-state index in [9.17, 15) is 9.59 Å². The fourth-order valence-corrected chi connectivity index (χ4v) is 1.03. The third-order valence-electron chi connectivity index (χ3n) is 1.44. The van der Waals surface area contributed by atoms with Crippen molar-refractivity contribution in [3.8, 4) is 0 Å². The summed E-state index contributed by atoms with van der Waals surface area (Å²) >= 11 is 2.00.